The third-order valence-electron chi connectivity index (χ3n) is 4.46. The van der Waals surface area contributed by atoms with Crippen molar-refractivity contribution in [2.24, 2.45) is 0 Å². The highest BCUT2D eigenvalue weighted by Gasteiger charge is 2.21. The number of nitrogens with one attached hydrogen (secondary N) is 1. The van der Waals surface area contributed by atoms with Crippen LogP contribution in [0, 0.1) is 18.8 Å². The van der Waals surface area contributed by atoms with Gasteiger partial charge in [0.25, 0.3) is 5.91 Å². The third-order valence-corrected chi connectivity index (χ3v) is 5.60. The Morgan fingerprint density at radius 1 is 1.13 bits per heavy atom. The maximum absolute atomic E-state index is 12.9. The molecule has 3 heterocycles. The van der Waals surface area contributed by atoms with E-state index in [1.807, 2.05) is 53.9 Å². The first kappa shape index (κ1) is 20.8. The molecule has 0 radical (unpaired) electrons. The van der Waals surface area contributed by atoms with E-state index in [2.05, 4.69) is 32.2 Å². The molecule has 0 aliphatic heterocycles. The first-order chi connectivity index (χ1) is 15.0. The van der Waals surface area contributed by atoms with Gasteiger partial charge in [-0.3, -0.25) is 10.1 Å². The molecule has 154 valence electrons. The summed E-state index contributed by atoms with van der Waals surface area (Å²) in [5.41, 5.74) is 3.98. The van der Waals surface area contributed by atoms with Gasteiger partial charge in [0.1, 0.15) is 16.5 Å². The lowest BCUT2D eigenvalue weighted by molar-refractivity contribution is 0.102. The van der Waals surface area contributed by atoms with E-state index in [-0.39, 0.29) is 5.91 Å². The van der Waals surface area contributed by atoms with Gasteiger partial charge in [-0.25, -0.2) is 14.6 Å². The van der Waals surface area contributed by atoms with E-state index in [1.54, 1.807) is 18.5 Å². The van der Waals surface area contributed by atoms with E-state index < -0.39 is 0 Å². The van der Waals surface area contributed by atoms with Gasteiger partial charge in [-0.2, -0.15) is 5.10 Å². The summed E-state index contributed by atoms with van der Waals surface area (Å²) in [6.07, 6.45) is 0. The Labute approximate surface area is 188 Å². The number of halogens is 1. The lowest BCUT2D eigenvalue weighted by Gasteiger charge is -2.04. The Morgan fingerprint density at radius 3 is 2.71 bits per heavy atom. The number of amides is 1. The van der Waals surface area contributed by atoms with Gasteiger partial charge in [-0.15, -0.1) is 11.3 Å². The van der Waals surface area contributed by atoms with Crippen LogP contribution >= 0.6 is 22.9 Å². The number of benzene rings is 1. The summed E-state index contributed by atoms with van der Waals surface area (Å²) < 4.78 is 1.62. The van der Waals surface area contributed by atoms with E-state index in [0.29, 0.717) is 45.2 Å². The predicted molar refractivity (Wildman–Crippen MR) is 123 cm³/mol. The highest BCUT2D eigenvalue weighted by molar-refractivity contribution is 7.14. The summed E-state index contributed by atoms with van der Waals surface area (Å²) >= 11 is 7.81. The molecule has 8 heteroatoms. The SMILES string of the molecule is CC#Cc1cccc(-c2csc(NC(=O)c3c(C)nn(Cc4ccccc4)c3Cl)n2)n1. The Bertz CT molecular complexity index is 1300. The summed E-state index contributed by atoms with van der Waals surface area (Å²) in [6, 6.07) is 15.4. The fraction of sp³-hybridized carbons (Fsp3) is 0.130. The van der Waals surface area contributed by atoms with E-state index in [1.165, 1.54) is 11.3 Å². The average Bonchev–Trinajstić information content (AvgIpc) is 3.33. The van der Waals surface area contributed by atoms with Crippen molar-refractivity contribution >= 4 is 34.0 Å². The second-order valence-corrected chi connectivity index (χ2v) is 7.89. The number of aromatic nitrogens is 4. The normalized spacial score (nSPS) is 10.4. The maximum atomic E-state index is 12.9. The Morgan fingerprint density at radius 2 is 1.94 bits per heavy atom. The van der Waals surface area contributed by atoms with Crippen LogP contribution in [-0.2, 0) is 6.54 Å². The zero-order valence-corrected chi connectivity index (χ0v) is 18.5. The fourth-order valence-electron chi connectivity index (χ4n) is 3.06. The first-order valence-corrected chi connectivity index (χ1v) is 10.7. The standard InChI is InChI=1S/C23H18ClN5OS/c1-3-8-17-11-7-12-18(25-17)19-14-31-23(26-19)27-22(30)20-15(2)28-29(21(20)24)13-16-9-5-4-6-10-16/h4-7,9-12,14H,13H2,1-2H3,(H,26,27,30). The molecule has 1 amide bonds. The Balaban J connectivity index is 1.53. The van der Waals surface area contributed by atoms with Crippen molar-refractivity contribution in [3.63, 3.8) is 0 Å². The number of carbonyl (C=O) groups is 1. The van der Waals surface area contributed by atoms with Crippen molar-refractivity contribution in [1.29, 1.82) is 0 Å². The van der Waals surface area contributed by atoms with Crippen molar-refractivity contribution in [1.82, 2.24) is 19.7 Å². The molecule has 31 heavy (non-hydrogen) atoms. The van der Waals surface area contributed by atoms with Gasteiger partial charge in [0.15, 0.2) is 5.13 Å². The van der Waals surface area contributed by atoms with Gasteiger partial charge in [-0.1, -0.05) is 53.9 Å². The number of rotatable bonds is 5. The van der Waals surface area contributed by atoms with Gasteiger partial charge < -0.3 is 0 Å². The predicted octanol–water partition coefficient (Wildman–Crippen LogP) is 5.04. The summed E-state index contributed by atoms with van der Waals surface area (Å²) in [5.74, 6) is 5.42. The van der Waals surface area contributed by atoms with Crippen molar-refractivity contribution in [3.05, 3.63) is 81.6 Å². The molecule has 0 spiro atoms. The van der Waals surface area contributed by atoms with Gasteiger partial charge in [0.05, 0.1) is 23.5 Å². The number of hydrogen-bond acceptors (Lipinski definition) is 5. The fourth-order valence-corrected chi connectivity index (χ4v) is 4.08. The lowest BCUT2D eigenvalue weighted by Crippen LogP contribution is -2.13. The first-order valence-electron chi connectivity index (χ1n) is 9.49. The van der Waals surface area contributed by atoms with Crippen LogP contribution in [0.15, 0.2) is 53.9 Å². The minimum Gasteiger partial charge on any atom is -0.298 e. The Kier molecular flexibility index (Phi) is 6.12. The highest BCUT2D eigenvalue weighted by atomic mass is 35.5. The quantitative estimate of drug-likeness (QED) is 0.435. The average molecular weight is 448 g/mol. The smallest absolute Gasteiger partial charge is 0.262 e. The van der Waals surface area contributed by atoms with Crippen molar-refractivity contribution in [2.45, 2.75) is 20.4 Å². The number of thiazole rings is 1. The van der Waals surface area contributed by atoms with Crippen LogP contribution in [0.2, 0.25) is 5.15 Å². The molecule has 6 nitrogen and oxygen atoms in total. The van der Waals surface area contributed by atoms with Crippen LogP contribution in [0.4, 0.5) is 5.13 Å². The molecule has 0 unspecified atom stereocenters. The number of pyridine rings is 1. The molecule has 1 aromatic carbocycles. The summed E-state index contributed by atoms with van der Waals surface area (Å²) in [4.78, 5) is 21.9. The van der Waals surface area contributed by atoms with E-state index in [9.17, 15) is 4.79 Å². The van der Waals surface area contributed by atoms with E-state index >= 15 is 0 Å². The summed E-state index contributed by atoms with van der Waals surface area (Å²) in [5, 5.41) is 9.85. The Hall–Kier alpha value is -3.47. The van der Waals surface area contributed by atoms with E-state index in [4.69, 9.17) is 11.6 Å². The minimum atomic E-state index is -0.346. The van der Waals surface area contributed by atoms with Gasteiger partial charge in [-0.05, 0) is 37.5 Å². The summed E-state index contributed by atoms with van der Waals surface area (Å²) in [6.45, 7) is 4.01. The molecule has 0 atom stereocenters. The molecule has 0 saturated heterocycles. The zero-order valence-electron chi connectivity index (χ0n) is 16.9. The van der Waals surface area contributed by atoms with Crippen LogP contribution in [0.3, 0.4) is 0 Å². The minimum absolute atomic E-state index is 0.295. The topological polar surface area (TPSA) is 72.7 Å². The maximum Gasteiger partial charge on any atom is 0.262 e. The number of hydrogen-bond donors (Lipinski definition) is 1. The molecule has 0 fully saturated rings. The largest absolute Gasteiger partial charge is 0.298 e. The molecule has 1 N–H and O–H groups in total. The van der Waals surface area contributed by atoms with Crippen LogP contribution in [-0.4, -0.2) is 25.7 Å². The molecule has 4 aromatic rings. The van der Waals surface area contributed by atoms with Crippen LogP contribution in [0.25, 0.3) is 11.4 Å². The van der Waals surface area contributed by atoms with Crippen LogP contribution in [0.1, 0.15) is 34.2 Å². The molecule has 4 rings (SSSR count). The molecule has 0 saturated carbocycles. The molecule has 0 aliphatic carbocycles. The number of anilines is 1. The molecule has 3 aromatic heterocycles. The molecular formula is C23H18ClN5OS. The number of aryl methyl sites for hydroxylation is 1. The number of carbonyl (C=O) groups excluding carboxylic acids is 1. The molecule has 0 bridgehead atoms. The van der Waals surface area contributed by atoms with Crippen molar-refractivity contribution in [2.75, 3.05) is 5.32 Å². The second kappa shape index (κ2) is 9.13. The van der Waals surface area contributed by atoms with Gasteiger partial charge >= 0.3 is 0 Å². The molecule has 0 aliphatic rings. The lowest BCUT2D eigenvalue weighted by atomic mass is 10.2. The van der Waals surface area contributed by atoms with Crippen molar-refractivity contribution in [3.8, 4) is 23.2 Å². The summed E-state index contributed by atoms with van der Waals surface area (Å²) in [7, 11) is 0. The van der Waals surface area contributed by atoms with Crippen LogP contribution in [0.5, 0.6) is 0 Å². The van der Waals surface area contributed by atoms with Gasteiger partial charge in [0, 0.05) is 5.38 Å². The third kappa shape index (κ3) is 4.66. The van der Waals surface area contributed by atoms with E-state index in [0.717, 1.165) is 5.56 Å². The van der Waals surface area contributed by atoms with Crippen molar-refractivity contribution < 1.29 is 4.79 Å². The highest BCUT2D eigenvalue weighted by Crippen LogP contribution is 2.26. The molecular weight excluding hydrogens is 430 g/mol. The van der Waals surface area contributed by atoms with Crippen LogP contribution < -0.4 is 5.32 Å². The number of nitrogens with zero attached hydrogens (tertiary/aromatic N) is 4. The zero-order chi connectivity index (χ0) is 21.8. The van der Waals surface area contributed by atoms with Gasteiger partial charge in [0.2, 0.25) is 0 Å². The monoisotopic (exact) mass is 447 g/mol. The second-order valence-electron chi connectivity index (χ2n) is 6.67.